The van der Waals surface area contributed by atoms with Crippen LogP contribution in [-0.2, 0) is 9.84 Å². The van der Waals surface area contributed by atoms with Gasteiger partial charge >= 0.3 is 0 Å². The third-order valence-electron chi connectivity index (χ3n) is 3.10. The zero-order chi connectivity index (χ0) is 15.0. The standard InChI is InChI=1S/C14H21N3O2S/c1-3-17(2)10-8-16-9-11-20(18,19)14-6-4-13(12-15)5-7-14/h4-7,16H,3,8-11H2,1-2H3. The predicted octanol–water partition coefficient (Wildman–Crippen LogP) is 0.873. The molecule has 0 unspecified atom stereocenters. The number of rotatable bonds is 8. The molecule has 0 fully saturated rings. The van der Waals surface area contributed by atoms with E-state index in [9.17, 15) is 8.42 Å². The van der Waals surface area contributed by atoms with Crippen LogP contribution in [0.15, 0.2) is 29.2 Å². The number of hydrogen-bond donors (Lipinski definition) is 1. The molecule has 0 amide bonds. The first-order valence-electron chi connectivity index (χ1n) is 6.61. The summed E-state index contributed by atoms with van der Waals surface area (Å²) in [4.78, 5) is 2.42. The van der Waals surface area contributed by atoms with Crippen LogP contribution in [0.3, 0.4) is 0 Å². The van der Waals surface area contributed by atoms with Gasteiger partial charge in [0.05, 0.1) is 22.3 Å². The van der Waals surface area contributed by atoms with E-state index in [1.165, 1.54) is 24.3 Å². The Kier molecular flexibility index (Phi) is 6.65. The van der Waals surface area contributed by atoms with Crippen LogP contribution in [0.25, 0.3) is 0 Å². The summed E-state index contributed by atoms with van der Waals surface area (Å²) < 4.78 is 24.1. The van der Waals surface area contributed by atoms with Crippen LogP contribution >= 0.6 is 0 Å². The summed E-state index contributed by atoms with van der Waals surface area (Å²) in [5.41, 5.74) is 0.463. The lowest BCUT2D eigenvalue weighted by molar-refractivity contribution is 0.351. The molecular weight excluding hydrogens is 274 g/mol. The third-order valence-corrected chi connectivity index (χ3v) is 4.83. The second kappa shape index (κ2) is 8.00. The van der Waals surface area contributed by atoms with E-state index >= 15 is 0 Å². The highest BCUT2D eigenvalue weighted by atomic mass is 32.2. The van der Waals surface area contributed by atoms with Gasteiger partial charge in [-0.15, -0.1) is 0 Å². The number of nitriles is 1. The zero-order valence-corrected chi connectivity index (χ0v) is 12.8. The number of nitrogens with one attached hydrogen (secondary N) is 1. The summed E-state index contributed by atoms with van der Waals surface area (Å²) in [6.45, 7) is 5.15. The Labute approximate surface area is 121 Å². The van der Waals surface area contributed by atoms with Crippen LogP contribution in [0.4, 0.5) is 0 Å². The van der Waals surface area contributed by atoms with Crippen molar-refractivity contribution >= 4 is 9.84 Å². The molecule has 0 saturated heterocycles. The molecule has 0 aliphatic carbocycles. The van der Waals surface area contributed by atoms with Gasteiger partial charge in [0, 0.05) is 19.6 Å². The van der Waals surface area contributed by atoms with Crippen molar-refractivity contribution in [1.29, 1.82) is 5.26 Å². The molecule has 6 heteroatoms. The topological polar surface area (TPSA) is 73.2 Å². The minimum Gasteiger partial charge on any atom is -0.314 e. The summed E-state index contributed by atoms with van der Waals surface area (Å²) in [7, 11) is -1.25. The van der Waals surface area contributed by atoms with Gasteiger partial charge in [-0.3, -0.25) is 0 Å². The van der Waals surface area contributed by atoms with E-state index in [4.69, 9.17) is 5.26 Å². The van der Waals surface area contributed by atoms with Crippen molar-refractivity contribution in [3.63, 3.8) is 0 Å². The normalized spacial score (nSPS) is 11.5. The monoisotopic (exact) mass is 295 g/mol. The van der Waals surface area contributed by atoms with E-state index in [1.807, 2.05) is 13.1 Å². The van der Waals surface area contributed by atoms with Gasteiger partial charge in [0.1, 0.15) is 0 Å². The molecule has 0 heterocycles. The molecule has 0 aliphatic heterocycles. The van der Waals surface area contributed by atoms with Crippen molar-refractivity contribution < 1.29 is 8.42 Å². The first-order chi connectivity index (χ1) is 9.49. The fraction of sp³-hybridized carbons (Fsp3) is 0.500. The SMILES string of the molecule is CCN(C)CCNCCS(=O)(=O)c1ccc(C#N)cc1. The van der Waals surface area contributed by atoms with E-state index < -0.39 is 9.84 Å². The van der Waals surface area contributed by atoms with Crippen LogP contribution in [0, 0.1) is 11.3 Å². The van der Waals surface area contributed by atoms with Crippen molar-refractivity contribution in [1.82, 2.24) is 10.2 Å². The van der Waals surface area contributed by atoms with Crippen molar-refractivity contribution in [2.24, 2.45) is 0 Å². The van der Waals surface area contributed by atoms with Gasteiger partial charge in [-0.2, -0.15) is 5.26 Å². The summed E-state index contributed by atoms with van der Waals surface area (Å²) >= 11 is 0. The lowest BCUT2D eigenvalue weighted by Crippen LogP contribution is -2.31. The van der Waals surface area contributed by atoms with Crippen LogP contribution in [0.5, 0.6) is 0 Å². The largest absolute Gasteiger partial charge is 0.314 e. The van der Waals surface area contributed by atoms with Gasteiger partial charge in [0.25, 0.3) is 0 Å². The summed E-state index contributed by atoms with van der Waals surface area (Å²) in [5, 5.41) is 11.8. The van der Waals surface area contributed by atoms with Crippen LogP contribution in [0.2, 0.25) is 0 Å². The van der Waals surface area contributed by atoms with Crippen LogP contribution < -0.4 is 5.32 Å². The van der Waals surface area contributed by atoms with E-state index in [1.54, 1.807) is 0 Å². The molecule has 0 spiro atoms. The minimum atomic E-state index is -3.28. The maximum Gasteiger partial charge on any atom is 0.179 e. The maximum absolute atomic E-state index is 12.1. The van der Waals surface area contributed by atoms with Gasteiger partial charge in [-0.05, 0) is 37.9 Å². The lowest BCUT2D eigenvalue weighted by Gasteiger charge is -2.13. The Morgan fingerprint density at radius 2 is 1.90 bits per heavy atom. The van der Waals surface area contributed by atoms with Gasteiger partial charge in [0.15, 0.2) is 9.84 Å². The molecule has 0 bridgehead atoms. The predicted molar refractivity (Wildman–Crippen MR) is 79.3 cm³/mol. The molecular formula is C14H21N3O2S. The molecule has 110 valence electrons. The molecule has 20 heavy (non-hydrogen) atoms. The third kappa shape index (κ3) is 5.29. The molecule has 1 N–H and O–H groups in total. The van der Waals surface area contributed by atoms with Crippen molar-refractivity contribution in [2.75, 3.05) is 39.0 Å². The average Bonchev–Trinajstić information content (AvgIpc) is 2.46. The molecule has 0 aromatic heterocycles. The molecule has 1 aromatic rings. The van der Waals surface area contributed by atoms with E-state index in [-0.39, 0.29) is 10.6 Å². The van der Waals surface area contributed by atoms with Crippen molar-refractivity contribution in [3.8, 4) is 6.07 Å². The fourth-order valence-electron chi connectivity index (χ4n) is 1.61. The molecule has 0 saturated carbocycles. The minimum absolute atomic E-state index is 0.0642. The van der Waals surface area contributed by atoms with E-state index in [0.29, 0.717) is 12.1 Å². The molecule has 1 rings (SSSR count). The highest BCUT2D eigenvalue weighted by molar-refractivity contribution is 7.91. The molecule has 5 nitrogen and oxygen atoms in total. The second-order valence-electron chi connectivity index (χ2n) is 4.60. The summed E-state index contributed by atoms with van der Waals surface area (Å²) in [5.74, 6) is 0.0642. The fourth-order valence-corrected chi connectivity index (χ4v) is 2.81. The van der Waals surface area contributed by atoms with E-state index in [0.717, 1.165) is 19.6 Å². The number of nitrogens with zero attached hydrogens (tertiary/aromatic N) is 2. The number of likely N-dealkylation sites (N-methyl/N-ethyl adjacent to an activating group) is 1. The van der Waals surface area contributed by atoms with Gasteiger partial charge in [-0.25, -0.2) is 8.42 Å². The lowest BCUT2D eigenvalue weighted by atomic mass is 10.2. The van der Waals surface area contributed by atoms with Gasteiger partial charge in [0.2, 0.25) is 0 Å². The van der Waals surface area contributed by atoms with E-state index in [2.05, 4.69) is 17.1 Å². The number of benzene rings is 1. The smallest absolute Gasteiger partial charge is 0.179 e. The van der Waals surface area contributed by atoms with Gasteiger partial charge in [-0.1, -0.05) is 6.92 Å². The van der Waals surface area contributed by atoms with Crippen molar-refractivity contribution in [3.05, 3.63) is 29.8 Å². The highest BCUT2D eigenvalue weighted by Gasteiger charge is 2.13. The first kappa shape index (κ1) is 16.6. The van der Waals surface area contributed by atoms with Gasteiger partial charge < -0.3 is 10.2 Å². The maximum atomic E-state index is 12.1. The van der Waals surface area contributed by atoms with Crippen LogP contribution in [-0.4, -0.2) is 52.3 Å². The molecule has 1 aromatic carbocycles. The highest BCUT2D eigenvalue weighted by Crippen LogP contribution is 2.11. The summed E-state index contributed by atoms with van der Waals surface area (Å²) in [6.07, 6.45) is 0. The molecule has 0 radical (unpaired) electrons. The van der Waals surface area contributed by atoms with Crippen molar-refractivity contribution in [2.45, 2.75) is 11.8 Å². The second-order valence-corrected chi connectivity index (χ2v) is 6.71. The molecule has 0 aliphatic rings. The first-order valence-corrected chi connectivity index (χ1v) is 8.27. The summed E-state index contributed by atoms with van der Waals surface area (Å²) in [6, 6.07) is 7.99. The zero-order valence-electron chi connectivity index (χ0n) is 12.0. The number of sulfone groups is 1. The average molecular weight is 295 g/mol. The Balaban J connectivity index is 2.43. The Morgan fingerprint density at radius 1 is 1.25 bits per heavy atom. The Hall–Kier alpha value is -1.42. The number of hydrogen-bond acceptors (Lipinski definition) is 5. The quantitative estimate of drug-likeness (QED) is 0.721. The molecule has 0 atom stereocenters. The Bertz CT molecular complexity index is 547. The Morgan fingerprint density at radius 3 is 2.45 bits per heavy atom. The van der Waals surface area contributed by atoms with Crippen LogP contribution in [0.1, 0.15) is 12.5 Å².